The number of hydrogen-bond acceptors (Lipinski definition) is 5. The number of carbonyl (C=O) groups excluding carboxylic acids is 1. The van der Waals surface area contributed by atoms with E-state index in [4.69, 9.17) is 10.8 Å². The van der Waals surface area contributed by atoms with Crippen molar-refractivity contribution in [2.45, 2.75) is 33.0 Å². The van der Waals surface area contributed by atoms with Crippen molar-refractivity contribution in [1.82, 2.24) is 20.3 Å². The first-order valence-corrected chi connectivity index (χ1v) is 5.55. The van der Waals surface area contributed by atoms with Gasteiger partial charge in [0.15, 0.2) is 0 Å². The molecule has 2 atom stereocenters. The van der Waals surface area contributed by atoms with Crippen LogP contribution in [0, 0.1) is 5.92 Å². The van der Waals surface area contributed by atoms with E-state index >= 15 is 0 Å². The Kier molecular flexibility index (Phi) is 4.78. The normalized spacial score (nSPS) is 13.9. The largest absolute Gasteiger partial charge is 0.481 e. The van der Waals surface area contributed by atoms with Gasteiger partial charge < -0.3 is 16.2 Å². The highest BCUT2D eigenvalue weighted by molar-refractivity contribution is 5.77. The zero-order valence-corrected chi connectivity index (χ0v) is 10.3. The molecule has 0 aromatic carbocycles. The Hall–Kier alpha value is -1.96. The zero-order valence-electron chi connectivity index (χ0n) is 10.3. The summed E-state index contributed by atoms with van der Waals surface area (Å²) in [5, 5.41) is 18.9. The lowest BCUT2D eigenvalue weighted by Gasteiger charge is -2.17. The second kappa shape index (κ2) is 6.10. The van der Waals surface area contributed by atoms with E-state index in [0.717, 1.165) is 0 Å². The van der Waals surface area contributed by atoms with Gasteiger partial charge in [-0.2, -0.15) is 0 Å². The predicted octanol–water partition coefficient (Wildman–Crippen LogP) is -1.04. The average Bonchev–Trinajstić information content (AvgIpc) is 2.75. The van der Waals surface area contributed by atoms with E-state index in [2.05, 4.69) is 15.6 Å². The van der Waals surface area contributed by atoms with Crippen LogP contribution in [0.2, 0.25) is 0 Å². The molecule has 4 N–H and O–H groups in total. The summed E-state index contributed by atoms with van der Waals surface area (Å²) in [4.78, 5) is 22.4. The van der Waals surface area contributed by atoms with Gasteiger partial charge in [0.2, 0.25) is 5.91 Å². The van der Waals surface area contributed by atoms with Gasteiger partial charge in [-0.1, -0.05) is 5.21 Å². The van der Waals surface area contributed by atoms with Crippen molar-refractivity contribution in [3.8, 4) is 0 Å². The molecule has 0 radical (unpaired) electrons. The molecule has 1 aromatic rings. The average molecular weight is 255 g/mol. The third-order valence-corrected chi connectivity index (χ3v) is 2.63. The summed E-state index contributed by atoms with van der Waals surface area (Å²) in [6.45, 7) is 3.43. The topological polar surface area (TPSA) is 123 Å². The van der Waals surface area contributed by atoms with E-state index in [1.165, 1.54) is 11.6 Å². The molecule has 8 nitrogen and oxygen atoms in total. The second-order valence-electron chi connectivity index (χ2n) is 4.09. The number of carboxylic acids is 1. The maximum Gasteiger partial charge on any atom is 0.308 e. The lowest BCUT2D eigenvalue weighted by molar-refractivity contribution is -0.142. The smallest absolute Gasteiger partial charge is 0.308 e. The Morgan fingerprint density at radius 1 is 1.56 bits per heavy atom. The molecule has 100 valence electrons. The lowest BCUT2D eigenvalue weighted by atomic mass is 10.0. The molecule has 0 aliphatic heterocycles. The molecule has 0 spiro atoms. The monoisotopic (exact) mass is 255 g/mol. The van der Waals surface area contributed by atoms with Gasteiger partial charge in [-0.15, -0.1) is 5.10 Å². The van der Waals surface area contributed by atoms with Crippen molar-refractivity contribution >= 4 is 11.9 Å². The Morgan fingerprint density at radius 2 is 2.22 bits per heavy atom. The highest BCUT2D eigenvalue weighted by atomic mass is 16.4. The van der Waals surface area contributed by atoms with E-state index in [9.17, 15) is 9.59 Å². The molecule has 8 heteroatoms. The number of nitrogens with two attached hydrogens (primary N) is 1. The molecule has 0 aliphatic rings. The number of nitrogens with one attached hydrogen (secondary N) is 1. The van der Waals surface area contributed by atoms with Crippen LogP contribution in [0.15, 0.2) is 6.20 Å². The molecule has 1 heterocycles. The molecule has 0 saturated carbocycles. The van der Waals surface area contributed by atoms with E-state index in [1.807, 2.05) is 0 Å². The number of carboxylic acid groups (broad SMARTS) is 1. The first-order valence-electron chi connectivity index (χ1n) is 5.55. The van der Waals surface area contributed by atoms with Gasteiger partial charge >= 0.3 is 5.97 Å². The molecule has 2 unspecified atom stereocenters. The first kappa shape index (κ1) is 14.1. The molecule has 1 aromatic heterocycles. The summed E-state index contributed by atoms with van der Waals surface area (Å²) in [5.41, 5.74) is 5.96. The van der Waals surface area contributed by atoms with Crippen LogP contribution in [-0.4, -0.2) is 38.0 Å². The minimum atomic E-state index is -0.950. The van der Waals surface area contributed by atoms with Gasteiger partial charge in [0.1, 0.15) is 6.54 Å². The molecule has 1 amide bonds. The zero-order chi connectivity index (χ0) is 13.7. The number of rotatable bonds is 6. The van der Waals surface area contributed by atoms with E-state index in [1.54, 1.807) is 13.1 Å². The van der Waals surface area contributed by atoms with Crippen molar-refractivity contribution < 1.29 is 14.7 Å². The van der Waals surface area contributed by atoms with E-state index in [-0.39, 0.29) is 19.0 Å². The molecule has 18 heavy (non-hydrogen) atoms. The van der Waals surface area contributed by atoms with Crippen LogP contribution in [0.4, 0.5) is 0 Å². The summed E-state index contributed by atoms with van der Waals surface area (Å²) < 4.78 is 1.36. The van der Waals surface area contributed by atoms with Crippen molar-refractivity contribution in [2.24, 2.45) is 11.7 Å². The van der Waals surface area contributed by atoms with Crippen LogP contribution in [-0.2, 0) is 22.7 Å². The Labute approximate surface area is 104 Å². The van der Waals surface area contributed by atoms with Gasteiger partial charge in [-0.25, -0.2) is 4.68 Å². The van der Waals surface area contributed by atoms with E-state index in [0.29, 0.717) is 5.69 Å². The summed E-state index contributed by atoms with van der Waals surface area (Å²) in [5.74, 6) is -1.91. The summed E-state index contributed by atoms with van der Waals surface area (Å²) >= 11 is 0. The van der Waals surface area contributed by atoms with Gasteiger partial charge in [-0.3, -0.25) is 9.59 Å². The Morgan fingerprint density at radius 3 is 2.72 bits per heavy atom. The van der Waals surface area contributed by atoms with Crippen LogP contribution < -0.4 is 11.1 Å². The SMILES string of the molecule is CC(NC(=O)Cn1cc(CN)nn1)C(C)C(=O)O. The third kappa shape index (κ3) is 3.81. The number of aromatic nitrogens is 3. The number of carbonyl (C=O) groups is 2. The summed E-state index contributed by atoms with van der Waals surface area (Å²) in [7, 11) is 0. The number of hydrogen-bond donors (Lipinski definition) is 3. The maximum absolute atomic E-state index is 11.6. The van der Waals surface area contributed by atoms with Crippen molar-refractivity contribution in [3.63, 3.8) is 0 Å². The Bertz CT molecular complexity index is 431. The highest BCUT2D eigenvalue weighted by Gasteiger charge is 2.21. The van der Waals surface area contributed by atoms with Gasteiger partial charge in [0, 0.05) is 12.6 Å². The van der Waals surface area contributed by atoms with Gasteiger partial charge in [0.25, 0.3) is 0 Å². The third-order valence-electron chi connectivity index (χ3n) is 2.63. The van der Waals surface area contributed by atoms with Crippen LogP contribution in [0.5, 0.6) is 0 Å². The second-order valence-corrected chi connectivity index (χ2v) is 4.09. The highest BCUT2D eigenvalue weighted by Crippen LogP contribution is 2.02. The first-order chi connectivity index (χ1) is 8.43. The van der Waals surface area contributed by atoms with Crippen LogP contribution in [0.3, 0.4) is 0 Å². The lowest BCUT2D eigenvalue weighted by Crippen LogP contribution is -2.41. The molecule has 1 rings (SSSR count). The molecular weight excluding hydrogens is 238 g/mol. The van der Waals surface area contributed by atoms with Crippen molar-refractivity contribution in [3.05, 3.63) is 11.9 Å². The number of amides is 1. The number of nitrogens with zero attached hydrogens (tertiary/aromatic N) is 3. The minimum absolute atomic E-state index is 0.0102. The maximum atomic E-state index is 11.6. The molecular formula is C10H17N5O3. The molecule has 0 fully saturated rings. The summed E-state index contributed by atoms with van der Waals surface area (Å²) in [6.07, 6.45) is 1.57. The quantitative estimate of drug-likeness (QED) is 0.596. The van der Waals surface area contributed by atoms with Crippen LogP contribution in [0.1, 0.15) is 19.5 Å². The fourth-order valence-electron chi connectivity index (χ4n) is 1.29. The van der Waals surface area contributed by atoms with Gasteiger partial charge in [-0.05, 0) is 13.8 Å². The fraction of sp³-hybridized carbons (Fsp3) is 0.600. The minimum Gasteiger partial charge on any atom is -0.481 e. The Balaban J connectivity index is 2.48. The van der Waals surface area contributed by atoms with Crippen LogP contribution in [0.25, 0.3) is 0 Å². The number of aliphatic carboxylic acids is 1. The molecule has 0 bridgehead atoms. The van der Waals surface area contributed by atoms with Gasteiger partial charge in [0.05, 0.1) is 17.8 Å². The standard InChI is InChI=1S/C10H17N5O3/c1-6(10(17)18)7(2)12-9(16)5-15-4-8(3-11)13-14-15/h4,6-7H,3,5,11H2,1-2H3,(H,12,16)(H,17,18). The molecule has 0 aliphatic carbocycles. The summed E-state index contributed by atoms with van der Waals surface area (Å²) in [6, 6.07) is -0.451. The van der Waals surface area contributed by atoms with Crippen LogP contribution >= 0.6 is 0 Å². The van der Waals surface area contributed by atoms with Crippen molar-refractivity contribution in [1.29, 1.82) is 0 Å². The fourth-order valence-corrected chi connectivity index (χ4v) is 1.29. The van der Waals surface area contributed by atoms with E-state index < -0.39 is 17.9 Å². The van der Waals surface area contributed by atoms with Crippen molar-refractivity contribution in [2.75, 3.05) is 0 Å². The predicted molar refractivity (Wildman–Crippen MR) is 62.3 cm³/mol. The molecule has 0 saturated heterocycles.